The molecule has 1 saturated heterocycles. The highest BCUT2D eigenvalue weighted by molar-refractivity contribution is 6.04. The minimum atomic E-state index is -0.405. The molecule has 11 heavy (non-hydrogen) atoms. The van der Waals surface area contributed by atoms with Crippen LogP contribution in [0.15, 0.2) is 0 Å². The van der Waals surface area contributed by atoms with Gasteiger partial charge in [0.2, 0.25) is 0 Å². The van der Waals surface area contributed by atoms with Crippen LogP contribution in [0.5, 0.6) is 0 Å². The topological polar surface area (TPSA) is 55.8 Å². The van der Waals surface area contributed by atoms with Gasteiger partial charge in [0.25, 0.3) is 0 Å². The number of piperazine rings is 1. The molecule has 0 aromatic heterocycles. The van der Waals surface area contributed by atoms with E-state index in [0.717, 1.165) is 13.1 Å². The normalized spacial score (nSPS) is 19.9. The molecule has 5 nitrogen and oxygen atoms in total. The number of hydroxylamine groups is 1. The third-order valence-electron chi connectivity index (χ3n) is 1.89. The van der Waals surface area contributed by atoms with E-state index in [-0.39, 0.29) is 0 Å². The van der Waals surface area contributed by atoms with Crippen molar-refractivity contribution in [3.8, 4) is 0 Å². The average Bonchev–Trinajstić information content (AvgIpc) is 2.05. The first kappa shape index (κ1) is 8.35. The zero-order valence-corrected chi connectivity index (χ0v) is 6.58. The van der Waals surface area contributed by atoms with Crippen LogP contribution < -0.4 is 5.48 Å². The Morgan fingerprint density at radius 3 is 2.36 bits per heavy atom. The highest BCUT2D eigenvalue weighted by atomic mass is 16.5. The van der Waals surface area contributed by atoms with Crippen molar-refractivity contribution in [2.24, 2.45) is 0 Å². The predicted molar refractivity (Wildman–Crippen MR) is 42.0 cm³/mol. The zero-order chi connectivity index (χ0) is 8.27. The molecule has 1 aliphatic heterocycles. The fraction of sp³-hybridized carbons (Fsp3) is 0.800. The molecule has 1 heterocycles. The third-order valence-corrected chi connectivity index (χ3v) is 1.89. The standard InChI is InChI=1S/C5H12BN3O2/c6-9-3-1-8(2-4-9)5(10)7-11/h11H,1-4,6H2,(H,7,10). The Bertz CT molecular complexity index is 147. The van der Waals surface area contributed by atoms with Crippen molar-refractivity contribution in [3.05, 3.63) is 0 Å². The van der Waals surface area contributed by atoms with Gasteiger partial charge in [0.05, 0.1) is 0 Å². The van der Waals surface area contributed by atoms with Crippen molar-refractivity contribution >= 4 is 14.0 Å². The van der Waals surface area contributed by atoms with Gasteiger partial charge in [0.1, 0.15) is 0 Å². The van der Waals surface area contributed by atoms with Crippen LogP contribution in [0.2, 0.25) is 0 Å². The Morgan fingerprint density at radius 2 is 1.91 bits per heavy atom. The number of carbonyl (C=O) groups is 1. The first-order valence-electron chi connectivity index (χ1n) is 3.61. The lowest BCUT2D eigenvalue weighted by Crippen LogP contribution is -2.50. The summed E-state index contributed by atoms with van der Waals surface area (Å²) < 4.78 is 0. The second-order valence-electron chi connectivity index (χ2n) is 2.71. The van der Waals surface area contributed by atoms with E-state index < -0.39 is 6.03 Å². The highest BCUT2D eigenvalue weighted by Gasteiger charge is 2.17. The maximum absolute atomic E-state index is 10.8. The molecular formula is C5H12BN3O2. The van der Waals surface area contributed by atoms with Crippen LogP contribution in [0.1, 0.15) is 0 Å². The molecule has 0 saturated carbocycles. The fourth-order valence-corrected chi connectivity index (χ4v) is 1.08. The summed E-state index contributed by atoms with van der Waals surface area (Å²) >= 11 is 0. The number of carbonyl (C=O) groups excluding carboxylic acids is 1. The smallest absolute Gasteiger partial charge is 0.341 e. The maximum Gasteiger partial charge on any atom is 0.341 e. The van der Waals surface area contributed by atoms with E-state index in [4.69, 9.17) is 5.21 Å². The predicted octanol–water partition coefficient (Wildman–Crippen LogP) is -1.75. The molecule has 0 atom stereocenters. The zero-order valence-electron chi connectivity index (χ0n) is 6.58. The van der Waals surface area contributed by atoms with Crippen LogP contribution in [-0.2, 0) is 0 Å². The SMILES string of the molecule is BN1CCN(C(=O)NO)CC1. The number of rotatable bonds is 0. The van der Waals surface area contributed by atoms with Crippen LogP contribution in [0, 0.1) is 0 Å². The largest absolute Gasteiger partial charge is 0.346 e. The summed E-state index contributed by atoms with van der Waals surface area (Å²) in [7, 11) is 2.01. The molecule has 1 fully saturated rings. The molecule has 0 radical (unpaired) electrons. The van der Waals surface area contributed by atoms with E-state index >= 15 is 0 Å². The van der Waals surface area contributed by atoms with Gasteiger partial charge in [-0.2, -0.15) is 0 Å². The Labute approximate surface area is 66.3 Å². The second kappa shape index (κ2) is 3.59. The van der Waals surface area contributed by atoms with Crippen LogP contribution in [-0.4, -0.2) is 55.1 Å². The molecule has 62 valence electrons. The summed E-state index contributed by atoms with van der Waals surface area (Å²) in [5.41, 5.74) is 1.62. The summed E-state index contributed by atoms with van der Waals surface area (Å²) in [6.07, 6.45) is 0. The summed E-state index contributed by atoms with van der Waals surface area (Å²) in [6, 6.07) is -0.405. The second-order valence-corrected chi connectivity index (χ2v) is 2.71. The molecule has 0 spiro atoms. The van der Waals surface area contributed by atoms with Crippen molar-refractivity contribution in [3.63, 3.8) is 0 Å². The van der Waals surface area contributed by atoms with Gasteiger partial charge >= 0.3 is 6.03 Å². The van der Waals surface area contributed by atoms with E-state index in [0.29, 0.717) is 13.1 Å². The molecule has 0 unspecified atom stereocenters. The number of hydrogen-bond acceptors (Lipinski definition) is 3. The first-order chi connectivity index (χ1) is 5.24. The maximum atomic E-state index is 10.8. The van der Waals surface area contributed by atoms with Crippen molar-refractivity contribution in [2.75, 3.05) is 26.2 Å². The number of hydrogen-bond donors (Lipinski definition) is 2. The minimum absolute atomic E-state index is 0.405. The molecule has 1 aliphatic rings. The van der Waals surface area contributed by atoms with E-state index in [2.05, 4.69) is 4.81 Å². The Hall–Kier alpha value is -0.745. The molecule has 0 aromatic carbocycles. The first-order valence-corrected chi connectivity index (χ1v) is 3.61. The average molecular weight is 157 g/mol. The van der Waals surface area contributed by atoms with E-state index in [1.54, 1.807) is 10.4 Å². The lowest BCUT2D eigenvalue weighted by molar-refractivity contribution is 0.117. The van der Waals surface area contributed by atoms with Crippen LogP contribution >= 0.6 is 0 Å². The molecule has 0 aromatic rings. The van der Waals surface area contributed by atoms with Gasteiger partial charge in [-0.05, 0) is 0 Å². The lowest BCUT2D eigenvalue weighted by Gasteiger charge is -2.31. The highest BCUT2D eigenvalue weighted by Crippen LogP contribution is 1.97. The minimum Gasteiger partial charge on any atom is -0.346 e. The van der Waals surface area contributed by atoms with Gasteiger partial charge in [-0.25, -0.2) is 10.3 Å². The van der Waals surface area contributed by atoms with Crippen LogP contribution in [0.4, 0.5) is 4.79 Å². The van der Waals surface area contributed by atoms with Gasteiger partial charge in [0.15, 0.2) is 7.98 Å². The molecule has 2 amide bonds. The fourth-order valence-electron chi connectivity index (χ4n) is 1.08. The van der Waals surface area contributed by atoms with Gasteiger partial charge < -0.3 is 9.71 Å². The molecule has 0 bridgehead atoms. The van der Waals surface area contributed by atoms with Crippen LogP contribution in [0.25, 0.3) is 0 Å². The Balaban J connectivity index is 2.33. The van der Waals surface area contributed by atoms with Crippen molar-refractivity contribution in [1.82, 2.24) is 15.2 Å². The lowest BCUT2D eigenvalue weighted by atomic mass is 10.2. The number of amides is 2. The third kappa shape index (κ3) is 2.09. The summed E-state index contributed by atoms with van der Waals surface area (Å²) in [5, 5.41) is 8.30. The van der Waals surface area contributed by atoms with Crippen molar-refractivity contribution in [1.29, 1.82) is 0 Å². The van der Waals surface area contributed by atoms with E-state index in [9.17, 15) is 4.79 Å². The monoisotopic (exact) mass is 157 g/mol. The quantitative estimate of drug-likeness (QED) is 0.249. The number of nitrogens with zero attached hydrogens (tertiary/aromatic N) is 2. The van der Waals surface area contributed by atoms with E-state index in [1.807, 2.05) is 7.98 Å². The Morgan fingerprint density at radius 1 is 1.36 bits per heavy atom. The molecule has 1 rings (SSSR count). The van der Waals surface area contributed by atoms with Gasteiger partial charge in [-0.15, -0.1) is 0 Å². The Kier molecular flexibility index (Phi) is 2.73. The molecule has 2 N–H and O–H groups in total. The van der Waals surface area contributed by atoms with Crippen molar-refractivity contribution < 1.29 is 10.0 Å². The van der Waals surface area contributed by atoms with E-state index in [1.165, 1.54) is 0 Å². The number of urea groups is 1. The molecule has 6 heteroatoms. The molecule has 0 aliphatic carbocycles. The van der Waals surface area contributed by atoms with Gasteiger partial charge in [0, 0.05) is 26.2 Å². The summed E-state index contributed by atoms with van der Waals surface area (Å²) in [5.74, 6) is 0. The molecular weight excluding hydrogens is 145 g/mol. The van der Waals surface area contributed by atoms with Gasteiger partial charge in [-0.1, -0.05) is 0 Å². The van der Waals surface area contributed by atoms with Crippen molar-refractivity contribution in [2.45, 2.75) is 0 Å². The summed E-state index contributed by atoms with van der Waals surface area (Å²) in [4.78, 5) is 14.5. The summed E-state index contributed by atoms with van der Waals surface area (Å²) in [6.45, 7) is 3.10. The van der Waals surface area contributed by atoms with Gasteiger partial charge in [-0.3, -0.25) is 5.21 Å². The van der Waals surface area contributed by atoms with Crippen LogP contribution in [0.3, 0.4) is 0 Å². The number of nitrogens with one attached hydrogen (secondary N) is 1.